The molecule has 3 heterocycles. The molecule has 0 aliphatic carbocycles. The Morgan fingerprint density at radius 1 is 1.25 bits per heavy atom. The summed E-state index contributed by atoms with van der Waals surface area (Å²) in [5, 5.41) is 4.26. The van der Waals surface area contributed by atoms with E-state index >= 15 is 0 Å². The minimum atomic E-state index is -3.71. The van der Waals surface area contributed by atoms with Gasteiger partial charge in [-0.3, -0.25) is 9.59 Å². The van der Waals surface area contributed by atoms with E-state index in [4.69, 9.17) is 4.42 Å². The first-order valence-electron chi connectivity index (χ1n) is 9.02. The van der Waals surface area contributed by atoms with Gasteiger partial charge in [0.2, 0.25) is 15.9 Å². The first-order chi connectivity index (χ1) is 13.4. The third-order valence-electron chi connectivity index (χ3n) is 4.52. The third-order valence-corrected chi connectivity index (χ3v) is 7.50. The molecule has 152 valence electrons. The summed E-state index contributed by atoms with van der Waals surface area (Å²) in [7, 11) is -2.23. The first kappa shape index (κ1) is 20.6. The lowest BCUT2D eigenvalue weighted by molar-refractivity contribution is -0.121. The average Bonchev–Trinajstić information content (AvgIpc) is 3.38. The molecule has 0 bridgehead atoms. The van der Waals surface area contributed by atoms with Crippen LogP contribution in [-0.4, -0.2) is 56.1 Å². The molecule has 8 nitrogen and oxygen atoms in total. The zero-order chi connectivity index (χ0) is 20.1. The highest BCUT2D eigenvalue weighted by molar-refractivity contribution is 7.89. The Kier molecular flexibility index (Phi) is 6.53. The van der Waals surface area contributed by atoms with Gasteiger partial charge in [0.15, 0.2) is 0 Å². The minimum Gasteiger partial charge on any atom is -0.467 e. The molecule has 0 saturated carbocycles. The van der Waals surface area contributed by atoms with Gasteiger partial charge in [0.1, 0.15) is 15.5 Å². The number of hydrogen-bond donors (Lipinski definition) is 1. The van der Waals surface area contributed by atoms with Gasteiger partial charge in [-0.25, -0.2) is 8.42 Å². The second-order valence-corrected chi connectivity index (χ2v) is 9.42. The molecule has 2 aromatic rings. The van der Waals surface area contributed by atoms with Crippen molar-refractivity contribution in [2.24, 2.45) is 0 Å². The van der Waals surface area contributed by atoms with E-state index < -0.39 is 15.9 Å². The van der Waals surface area contributed by atoms with Crippen LogP contribution >= 0.6 is 11.3 Å². The zero-order valence-electron chi connectivity index (χ0n) is 15.6. The summed E-state index contributed by atoms with van der Waals surface area (Å²) in [6, 6.07) is 4.92. The largest absolute Gasteiger partial charge is 0.467 e. The van der Waals surface area contributed by atoms with Gasteiger partial charge in [0.05, 0.1) is 19.4 Å². The molecule has 2 amide bonds. The average molecular weight is 426 g/mol. The van der Waals surface area contributed by atoms with Crippen molar-refractivity contribution in [3.05, 3.63) is 40.5 Å². The van der Waals surface area contributed by atoms with E-state index in [2.05, 4.69) is 5.32 Å². The predicted octanol–water partition coefficient (Wildman–Crippen LogP) is 1.90. The topological polar surface area (TPSA) is 99.9 Å². The lowest BCUT2D eigenvalue weighted by atomic mass is 10.2. The highest BCUT2D eigenvalue weighted by Gasteiger charge is 2.32. The molecule has 1 aliphatic rings. The number of piperidine rings is 1. The molecule has 28 heavy (non-hydrogen) atoms. The van der Waals surface area contributed by atoms with Crippen molar-refractivity contribution in [3.8, 4) is 0 Å². The van der Waals surface area contributed by atoms with Gasteiger partial charge < -0.3 is 14.6 Å². The Hall–Kier alpha value is -2.17. The van der Waals surface area contributed by atoms with Crippen molar-refractivity contribution >= 4 is 33.2 Å². The molecule has 0 unspecified atom stereocenters. The molecule has 0 atom stereocenters. The number of carbonyl (C=O) groups is 2. The maximum Gasteiger partial charge on any atom is 0.265 e. The quantitative estimate of drug-likeness (QED) is 0.730. The predicted molar refractivity (Wildman–Crippen MR) is 104 cm³/mol. The number of sulfonamides is 1. The number of nitrogens with one attached hydrogen (secondary N) is 1. The van der Waals surface area contributed by atoms with E-state index in [1.807, 2.05) is 0 Å². The Morgan fingerprint density at radius 2 is 2.00 bits per heavy atom. The van der Waals surface area contributed by atoms with Crippen molar-refractivity contribution in [2.75, 3.05) is 26.7 Å². The zero-order valence-corrected chi connectivity index (χ0v) is 17.2. The van der Waals surface area contributed by atoms with Crippen molar-refractivity contribution in [1.29, 1.82) is 0 Å². The van der Waals surface area contributed by atoms with Crippen LogP contribution < -0.4 is 5.32 Å². The third kappa shape index (κ3) is 4.62. The maximum atomic E-state index is 12.9. The molecular weight excluding hydrogens is 402 g/mol. The van der Waals surface area contributed by atoms with E-state index in [-0.39, 0.29) is 28.8 Å². The SMILES string of the molecule is CN(CC(=O)NCc1ccco1)C(=O)c1sccc1S(=O)(=O)N1CCCCC1. The summed E-state index contributed by atoms with van der Waals surface area (Å²) in [6.45, 7) is 0.982. The molecule has 0 radical (unpaired) electrons. The number of rotatable bonds is 7. The van der Waals surface area contributed by atoms with Crippen molar-refractivity contribution in [1.82, 2.24) is 14.5 Å². The lowest BCUT2D eigenvalue weighted by Gasteiger charge is -2.26. The van der Waals surface area contributed by atoms with E-state index in [1.165, 1.54) is 28.6 Å². The van der Waals surface area contributed by atoms with Gasteiger partial charge in [-0.1, -0.05) is 6.42 Å². The molecule has 10 heteroatoms. The van der Waals surface area contributed by atoms with E-state index in [1.54, 1.807) is 17.5 Å². The van der Waals surface area contributed by atoms with E-state index in [9.17, 15) is 18.0 Å². The van der Waals surface area contributed by atoms with Crippen LogP contribution in [0.3, 0.4) is 0 Å². The standard InChI is InChI=1S/C18H23N3O5S2/c1-20(13-16(22)19-12-14-6-5-10-26-14)18(23)17-15(7-11-27-17)28(24,25)21-8-3-2-4-9-21/h5-7,10-11H,2-4,8-9,12-13H2,1H3,(H,19,22). The lowest BCUT2D eigenvalue weighted by Crippen LogP contribution is -2.39. The molecule has 2 aromatic heterocycles. The van der Waals surface area contributed by atoms with Gasteiger partial charge in [0.25, 0.3) is 5.91 Å². The number of thiophene rings is 1. The second kappa shape index (κ2) is 8.89. The number of hydrogen-bond acceptors (Lipinski definition) is 6. The van der Waals surface area contributed by atoms with Crippen LogP contribution in [0.15, 0.2) is 39.2 Å². The van der Waals surface area contributed by atoms with Gasteiger partial charge in [-0.15, -0.1) is 11.3 Å². The molecule has 1 aliphatic heterocycles. The highest BCUT2D eigenvalue weighted by Crippen LogP contribution is 2.28. The monoisotopic (exact) mass is 425 g/mol. The van der Waals surface area contributed by atoms with Gasteiger partial charge >= 0.3 is 0 Å². The number of furan rings is 1. The summed E-state index contributed by atoms with van der Waals surface area (Å²) in [4.78, 5) is 26.2. The van der Waals surface area contributed by atoms with Gasteiger partial charge in [-0.2, -0.15) is 4.31 Å². The van der Waals surface area contributed by atoms with Gasteiger partial charge in [-0.05, 0) is 36.4 Å². The molecule has 1 fully saturated rings. The van der Waals surface area contributed by atoms with Crippen LogP contribution in [0.1, 0.15) is 34.7 Å². The van der Waals surface area contributed by atoms with Crippen molar-refractivity contribution in [3.63, 3.8) is 0 Å². The second-order valence-electron chi connectivity index (χ2n) is 6.60. The Balaban J connectivity index is 1.65. The molecule has 1 N–H and O–H groups in total. The van der Waals surface area contributed by atoms with Crippen LogP contribution in [0, 0.1) is 0 Å². The normalized spacial score (nSPS) is 15.3. The first-order valence-corrected chi connectivity index (χ1v) is 11.3. The fraction of sp³-hybridized carbons (Fsp3) is 0.444. The Morgan fingerprint density at radius 3 is 2.68 bits per heavy atom. The number of nitrogens with zero attached hydrogens (tertiary/aromatic N) is 2. The molecular formula is C18H23N3O5S2. The van der Waals surface area contributed by atoms with Crippen LogP contribution in [0.2, 0.25) is 0 Å². The van der Waals surface area contributed by atoms with E-state index in [0.717, 1.165) is 30.6 Å². The summed E-state index contributed by atoms with van der Waals surface area (Å²) >= 11 is 1.07. The Bertz CT molecular complexity index is 915. The van der Waals surface area contributed by atoms with Crippen molar-refractivity contribution < 1.29 is 22.4 Å². The molecule has 0 aromatic carbocycles. The molecule has 0 spiro atoms. The number of carbonyl (C=O) groups excluding carboxylic acids is 2. The summed E-state index contributed by atoms with van der Waals surface area (Å²) in [5.74, 6) is -0.238. The molecule has 3 rings (SSSR count). The van der Waals surface area contributed by atoms with E-state index in [0.29, 0.717) is 18.8 Å². The fourth-order valence-corrected chi connectivity index (χ4v) is 5.92. The number of amides is 2. The number of likely N-dealkylation sites (N-methyl/N-ethyl adjacent to an activating group) is 1. The fourth-order valence-electron chi connectivity index (χ4n) is 3.02. The summed E-state index contributed by atoms with van der Waals surface area (Å²) < 4.78 is 32.4. The summed E-state index contributed by atoms with van der Waals surface area (Å²) in [6.07, 6.45) is 4.17. The molecule has 1 saturated heterocycles. The Labute approximate surface area is 168 Å². The maximum absolute atomic E-state index is 12.9. The van der Waals surface area contributed by atoms with Crippen LogP contribution in [0.5, 0.6) is 0 Å². The smallest absolute Gasteiger partial charge is 0.265 e. The van der Waals surface area contributed by atoms with Crippen LogP contribution in [0.25, 0.3) is 0 Å². The van der Waals surface area contributed by atoms with Crippen LogP contribution in [0.4, 0.5) is 0 Å². The van der Waals surface area contributed by atoms with Gasteiger partial charge in [0, 0.05) is 20.1 Å². The highest BCUT2D eigenvalue weighted by atomic mass is 32.2. The summed E-state index contributed by atoms with van der Waals surface area (Å²) in [5.41, 5.74) is 0. The minimum absolute atomic E-state index is 0.0206. The van der Waals surface area contributed by atoms with Crippen LogP contribution in [-0.2, 0) is 21.4 Å². The van der Waals surface area contributed by atoms with Crippen molar-refractivity contribution in [2.45, 2.75) is 30.7 Å².